The molecule has 1 rings (SSSR count). The normalized spacial score (nSPS) is 22.7. The number of halogens is 1. The molecule has 0 saturated heterocycles. The first kappa shape index (κ1) is 20.1. The molecule has 1 fully saturated rings. The second-order valence-corrected chi connectivity index (χ2v) is 4.66. The lowest BCUT2D eigenvalue weighted by molar-refractivity contribution is -0.309. The Balaban J connectivity index is 0. The molecule has 0 unspecified atom stereocenters. The van der Waals surface area contributed by atoms with Crippen molar-refractivity contribution < 1.29 is 24.4 Å². The van der Waals surface area contributed by atoms with Crippen molar-refractivity contribution >= 4 is 0 Å². The number of rotatable bonds is 4. The zero-order valence-electron chi connectivity index (χ0n) is 12.3. The van der Waals surface area contributed by atoms with Gasteiger partial charge in [-0.15, -0.1) is 0 Å². The molecule has 0 aliphatic heterocycles. The largest absolute Gasteiger partial charge is 0.394 e. The maximum atomic E-state index is 10.8. The molecule has 0 bridgehead atoms. The molecule has 0 aromatic carbocycles. The van der Waals surface area contributed by atoms with Crippen LogP contribution in [0.15, 0.2) is 0 Å². The molecule has 18 heavy (non-hydrogen) atoms. The molecule has 112 valence electrons. The first-order chi connectivity index (χ1) is 8.39. The summed E-state index contributed by atoms with van der Waals surface area (Å²) in [6.45, 7) is 9.32. The van der Waals surface area contributed by atoms with Crippen molar-refractivity contribution in [3.8, 4) is 0 Å². The molecule has 0 radical (unpaired) electrons. The zero-order chi connectivity index (χ0) is 14.6. The highest BCUT2D eigenvalue weighted by Gasteiger charge is 2.21. The molecule has 0 heterocycles. The third-order valence-electron chi connectivity index (χ3n) is 2.28. The fourth-order valence-corrected chi connectivity index (χ4v) is 1.53. The Morgan fingerprint density at radius 1 is 1.28 bits per heavy atom. The fourth-order valence-electron chi connectivity index (χ4n) is 1.53. The van der Waals surface area contributed by atoms with Gasteiger partial charge in [-0.3, -0.25) is 0 Å². The molecule has 2 atom stereocenters. The van der Waals surface area contributed by atoms with Crippen molar-refractivity contribution in [3.63, 3.8) is 0 Å². The van der Waals surface area contributed by atoms with E-state index >= 15 is 0 Å². The Kier molecular flexibility index (Phi) is 13.2. The standard InChI is InChI=1S/C8H16O2.C3H7FO2.C2H6/c1-7-2-3-8(6-7)10-5-4-9;1-3(2,5)6-4;1-2/h7-9H,2-6H2,1H3;5H,1-2H3;1-2H3/t7-,8+;;/m0../s1. The van der Waals surface area contributed by atoms with Gasteiger partial charge in [-0.05, 0) is 43.6 Å². The van der Waals surface area contributed by atoms with Gasteiger partial charge in [0.2, 0.25) is 0 Å². The van der Waals surface area contributed by atoms with Gasteiger partial charge in [0, 0.05) is 0 Å². The summed E-state index contributed by atoms with van der Waals surface area (Å²) in [4.78, 5) is 2.99. The van der Waals surface area contributed by atoms with Gasteiger partial charge in [0.25, 0.3) is 0 Å². The van der Waals surface area contributed by atoms with Gasteiger partial charge in [-0.25, -0.2) is 0 Å². The molecule has 0 aromatic heterocycles. The van der Waals surface area contributed by atoms with Crippen molar-refractivity contribution in [1.82, 2.24) is 0 Å². The second kappa shape index (κ2) is 11.8. The van der Waals surface area contributed by atoms with Crippen molar-refractivity contribution in [2.45, 2.75) is 65.8 Å². The minimum absolute atomic E-state index is 0.158. The van der Waals surface area contributed by atoms with E-state index in [1.807, 2.05) is 13.8 Å². The van der Waals surface area contributed by atoms with Gasteiger partial charge in [-0.1, -0.05) is 20.8 Å². The summed E-state index contributed by atoms with van der Waals surface area (Å²) < 4.78 is 16.1. The highest BCUT2D eigenvalue weighted by molar-refractivity contribution is 4.72. The molecular formula is C13H29FO4. The number of hydrogen-bond donors (Lipinski definition) is 2. The summed E-state index contributed by atoms with van der Waals surface area (Å²) >= 11 is 0. The molecule has 1 aliphatic carbocycles. The summed E-state index contributed by atoms with van der Waals surface area (Å²) in [5.41, 5.74) is 0. The topological polar surface area (TPSA) is 58.9 Å². The summed E-state index contributed by atoms with van der Waals surface area (Å²) in [5.74, 6) is -0.802. The van der Waals surface area contributed by atoms with Gasteiger partial charge in [0.15, 0.2) is 5.79 Å². The lowest BCUT2D eigenvalue weighted by Gasteiger charge is -2.09. The van der Waals surface area contributed by atoms with Gasteiger partial charge >= 0.3 is 0 Å². The van der Waals surface area contributed by atoms with Crippen LogP contribution in [-0.4, -0.2) is 35.3 Å². The minimum atomic E-state index is -1.62. The first-order valence-corrected chi connectivity index (χ1v) is 6.63. The minimum Gasteiger partial charge on any atom is -0.394 e. The summed E-state index contributed by atoms with van der Waals surface area (Å²) in [6, 6.07) is 0. The third kappa shape index (κ3) is 13.8. The van der Waals surface area contributed by atoms with E-state index in [9.17, 15) is 4.53 Å². The predicted octanol–water partition coefficient (Wildman–Crippen LogP) is 2.83. The average molecular weight is 268 g/mol. The van der Waals surface area contributed by atoms with Crippen LogP contribution in [0.4, 0.5) is 4.53 Å². The zero-order valence-corrected chi connectivity index (χ0v) is 12.3. The summed E-state index contributed by atoms with van der Waals surface area (Å²) in [5, 5.41) is 16.7. The summed E-state index contributed by atoms with van der Waals surface area (Å²) in [6.07, 6.45) is 4.08. The molecule has 1 aliphatic rings. The van der Waals surface area contributed by atoms with Crippen molar-refractivity contribution in [2.24, 2.45) is 5.92 Å². The fraction of sp³-hybridized carbons (Fsp3) is 1.00. The number of aliphatic hydroxyl groups excluding tert-OH is 1. The SMILES string of the molecule is CC.CC(C)(O)OF.C[C@H]1CC[C@@H](OCCO)C1. The average Bonchev–Trinajstić information content (AvgIpc) is 2.75. The summed E-state index contributed by atoms with van der Waals surface area (Å²) in [7, 11) is 0. The molecule has 0 amide bonds. The maximum absolute atomic E-state index is 10.8. The van der Waals surface area contributed by atoms with Crippen LogP contribution in [-0.2, 0) is 9.68 Å². The Morgan fingerprint density at radius 3 is 2.06 bits per heavy atom. The number of aliphatic hydroxyl groups is 2. The molecule has 1 saturated carbocycles. The van der Waals surface area contributed by atoms with Crippen LogP contribution in [0.3, 0.4) is 0 Å². The van der Waals surface area contributed by atoms with Crippen LogP contribution >= 0.6 is 0 Å². The van der Waals surface area contributed by atoms with E-state index in [-0.39, 0.29) is 6.61 Å². The Hall–Kier alpha value is -0.230. The highest BCUT2D eigenvalue weighted by Crippen LogP contribution is 2.26. The van der Waals surface area contributed by atoms with Crippen LogP contribution in [0.1, 0.15) is 53.9 Å². The molecule has 0 spiro atoms. The monoisotopic (exact) mass is 268 g/mol. The van der Waals surface area contributed by atoms with E-state index in [0.717, 1.165) is 5.92 Å². The van der Waals surface area contributed by atoms with Crippen LogP contribution in [0, 0.1) is 5.92 Å². The quantitative estimate of drug-likeness (QED) is 0.770. The maximum Gasteiger partial charge on any atom is 0.198 e. The van der Waals surface area contributed by atoms with E-state index in [0.29, 0.717) is 12.7 Å². The Labute approximate surface area is 110 Å². The molecular weight excluding hydrogens is 239 g/mol. The Morgan fingerprint density at radius 2 is 1.78 bits per heavy atom. The highest BCUT2D eigenvalue weighted by atomic mass is 19.3. The lowest BCUT2D eigenvalue weighted by Crippen LogP contribution is -2.18. The number of ether oxygens (including phenoxy) is 1. The second-order valence-electron chi connectivity index (χ2n) is 4.66. The molecule has 4 nitrogen and oxygen atoms in total. The van der Waals surface area contributed by atoms with Crippen LogP contribution in [0.25, 0.3) is 0 Å². The van der Waals surface area contributed by atoms with E-state index in [1.54, 1.807) is 0 Å². The van der Waals surface area contributed by atoms with Crippen LogP contribution in [0.2, 0.25) is 0 Å². The van der Waals surface area contributed by atoms with Gasteiger partial charge in [0.05, 0.1) is 19.3 Å². The predicted molar refractivity (Wildman–Crippen MR) is 69.7 cm³/mol. The van der Waals surface area contributed by atoms with Crippen molar-refractivity contribution in [1.29, 1.82) is 0 Å². The van der Waals surface area contributed by atoms with E-state index in [4.69, 9.17) is 14.9 Å². The van der Waals surface area contributed by atoms with Crippen molar-refractivity contribution in [3.05, 3.63) is 0 Å². The smallest absolute Gasteiger partial charge is 0.198 e. The lowest BCUT2D eigenvalue weighted by atomic mass is 10.1. The van der Waals surface area contributed by atoms with Gasteiger partial charge in [0.1, 0.15) is 0 Å². The molecule has 0 aromatic rings. The van der Waals surface area contributed by atoms with Gasteiger partial charge in [-0.2, -0.15) is 4.94 Å². The third-order valence-corrected chi connectivity index (χ3v) is 2.28. The van der Waals surface area contributed by atoms with E-state index < -0.39 is 5.79 Å². The number of hydrogen-bond acceptors (Lipinski definition) is 4. The van der Waals surface area contributed by atoms with E-state index in [2.05, 4.69) is 11.9 Å². The Bertz CT molecular complexity index is 171. The molecule has 5 heteroatoms. The van der Waals surface area contributed by atoms with E-state index in [1.165, 1.54) is 33.1 Å². The van der Waals surface area contributed by atoms with Crippen LogP contribution in [0.5, 0.6) is 0 Å². The van der Waals surface area contributed by atoms with Crippen molar-refractivity contribution in [2.75, 3.05) is 13.2 Å². The van der Waals surface area contributed by atoms with Crippen LogP contribution < -0.4 is 0 Å². The van der Waals surface area contributed by atoms with Gasteiger partial charge < -0.3 is 14.9 Å². The molecule has 2 N–H and O–H groups in total. The first-order valence-electron chi connectivity index (χ1n) is 6.63.